The average Bonchev–Trinajstić information content (AvgIpc) is 1.06. The van der Waals surface area contributed by atoms with Crippen molar-refractivity contribution in [3.63, 3.8) is 0 Å². The number of thioether (sulfide) groups is 4. The van der Waals surface area contributed by atoms with Crippen molar-refractivity contribution in [2.24, 2.45) is 17.8 Å². The lowest BCUT2D eigenvalue weighted by Gasteiger charge is -2.44. The van der Waals surface area contributed by atoms with Crippen LogP contribution in [0.25, 0.3) is 11.3 Å². The zero-order chi connectivity index (χ0) is 64.9. The van der Waals surface area contributed by atoms with Crippen molar-refractivity contribution in [2.45, 2.75) is 142 Å². The maximum absolute atomic E-state index is 11.6. The van der Waals surface area contributed by atoms with Crippen LogP contribution in [0.15, 0.2) is 158 Å². The number of rotatable bonds is 3. The summed E-state index contributed by atoms with van der Waals surface area (Å²) >= 11 is 24.2. The molecule has 0 bridgehead atoms. The third-order valence-electron chi connectivity index (χ3n) is 19.7. The average molecular weight is 1380 g/mol. The largest absolute Gasteiger partial charge is 0.515 e. The maximum Gasteiger partial charge on any atom is 0.192 e. The molecule has 0 radical (unpaired) electrons. The van der Waals surface area contributed by atoms with Gasteiger partial charge >= 0.3 is 0 Å². The van der Waals surface area contributed by atoms with Crippen LogP contribution in [0.1, 0.15) is 163 Å². The quantitative estimate of drug-likeness (QED) is 0.0684. The number of hydrogen-bond acceptors (Lipinski definition) is 14. The van der Waals surface area contributed by atoms with Gasteiger partial charge in [0.05, 0.1) is 14.4 Å². The summed E-state index contributed by atoms with van der Waals surface area (Å²) in [7, 11) is 0. The van der Waals surface area contributed by atoms with Crippen molar-refractivity contribution in [3.8, 4) is 0 Å². The molecule has 1 N–H and O–H groups in total. The number of fused-ring (bicyclic) bond motifs is 13. The van der Waals surface area contributed by atoms with Crippen molar-refractivity contribution in [1.29, 1.82) is 0 Å². The van der Waals surface area contributed by atoms with Gasteiger partial charge in [-0.1, -0.05) is 128 Å². The van der Waals surface area contributed by atoms with E-state index >= 15 is 0 Å². The monoisotopic (exact) mass is 1380 g/mol. The van der Waals surface area contributed by atoms with E-state index in [4.69, 9.17) is 5.11 Å². The summed E-state index contributed by atoms with van der Waals surface area (Å²) in [5.41, 5.74) is 17.2. The number of benzene rings is 5. The number of aliphatic hydroxyl groups excluding tert-OH is 1. The van der Waals surface area contributed by atoms with Gasteiger partial charge in [-0.3, -0.25) is 19.2 Å². The van der Waals surface area contributed by atoms with E-state index in [0.717, 1.165) is 96.7 Å². The zero-order valence-corrected chi connectivity index (χ0v) is 60.5. The highest BCUT2D eigenvalue weighted by molar-refractivity contribution is 8.21. The van der Waals surface area contributed by atoms with E-state index in [2.05, 4.69) is 212 Å². The Morgan fingerprint density at radius 3 is 1.67 bits per heavy atom. The van der Waals surface area contributed by atoms with Gasteiger partial charge in [-0.05, 0) is 224 Å². The standard InChI is InChI=1S/C16H20S2.C15H17NS2.C14H16O.C14H14O.C11H10O2.C4H6O.2C2H6S2/c1-2-4-14-12(3-1)5-6-13-7-8-16(11-15(13)14)17-9-10-18-16;1-2-4-13-12(3-1)5-7-16-8-6-15(11-14(13)16)17-9-10-18-15;2*15-12-8-7-11-6-5-10-3-1-2-4-13(10)14(11)9-12;12-7-9-6-5-8-3-1-2-4-10(8)11(9)13;1-3-4(2)5;2*3-1-2-4/h1-4,13,15H,5-11H2;1-4,11H,5-10H2;1-4,11,14H,5-9H2;1-4,9,11H,5-8H2;1-4,7,12H,5-6H2;3H,1H2,2H3;2*3-4H,1-2H2/b;;;;9-7+;;;. The van der Waals surface area contributed by atoms with Crippen molar-refractivity contribution < 1.29 is 24.3 Å². The van der Waals surface area contributed by atoms with E-state index in [9.17, 15) is 19.2 Å². The molecule has 5 unspecified atom stereocenters. The van der Waals surface area contributed by atoms with E-state index in [1.807, 2.05) is 24.3 Å². The van der Waals surface area contributed by atoms with Crippen LogP contribution in [0, 0.1) is 17.8 Å². The number of allylic oxidation sites excluding steroid dienone is 4. The molecule has 7 aliphatic carbocycles. The van der Waals surface area contributed by atoms with Crippen molar-refractivity contribution in [1.82, 2.24) is 4.90 Å². The molecule has 14 heteroatoms. The molecule has 4 fully saturated rings. The van der Waals surface area contributed by atoms with Gasteiger partial charge in [0.1, 0.15) is 5.78 Å². The van der Waals surface area contributed by atoms with Crippen LogP contribution < -0.4 is 0 Å². The summed E-state index contributed by atoms with van der Waals surface area (Å²) in [6, 6.07) is 42.9. The molecular formula is C78H95NO5S8. The first kappa shape index (κ1) is 72.4. The molecule has 5 atom stereocenters. The number of thiol groups is 4. The predicted octanol–water partition coefficient (Wildman–Crippen LogP) is 19.0. The van der Waals surface area contributed by atoms with Crippen LogP contribution in [0.2, 0.25) is 0 Å². The van der Waals surface area contributed by atoms with Crippen molar-refractivity contribution in [3.05, 3.63) is 214 Å². The lowest BCUT2D eigenvalue weighted by molar-refractivity contribution is -0.121. The molecule has 4 heterocycles. The summed E-state index contributed by atoms with van der Waals surface area (Å²) in [5.74, 6) is 13.4. The fourth-order valence-electron chi connectivity index (χ4n) is 15.0. The Hall–Kier alpha value is -3.86. The van der Waals surface area contributed by atoms with Gasteiger partial charge < -0.3 is 10.0 Å². The minimum atomic E-state index is -0.0376. The molecule has 2 saturated carbocycles. The fourth-order valence-corrected chi connectivity index (χ4v) is 21.4. The molecule has 6 nitrogen and oxygen atoms in total. The Balaban J connectivity index is 0.000000130. The van der Waals surface area contributed by atoms with Gasteiger partial charge in [0.25, 0.3) is 0 Å². The van der Waals surface area contributed by atoms with E-state index in [1.54, 1.807) is 17.2 Å². The third-order valence-corrected chi connectivity index (χ3v) is 28.3. The summed E-state index contributed by atoms with van der Waals surface area (Å²) in [4.78, 5) is 46.9. The summed E-state index contributed by atoms with van der Waals surface area (Å²) in [6.07, 6.45) is 27.2. The zero-order valence-electron chi connectivity index (χ0n) is 53.7. The Morgan fingerprint density at radius 1 is 0.565 bits per heavy atom. The molecule has 0 aromatic heterocycles. The maximum atomic E-state index is 11.6. The van der Waals surface area contributed by atoms with Crippen LogP contribution in [0.5, 0.6) is 0 Å². The van der Waals surface area contributed by atoms with Gasteiger partial charge in [-0.15, -0.1) is 47.0 Å². The molecule has 490 valence electrons. The molecule has 2 saturated heterocycles. The fraction of sp³-hybridized carbons (Fsp3) is 0.462. The van der Waals surface area contributed by atoms with Gasteiger partial charge in [0.2, 0.25) is 0 Å². The third kappa shape index (κ3) is 19.2. The Labute approximate surface area is 589 Å². The topological polar surface area (TPSA) is 91.8 Å². The number of nitrogens with zero attached hydrogens (tertiary/aromatic N) is 1. The van der Waals surface area contributed by atoms with Crippen LogP contribution in [-0.4, -0.2) is 100 Å². The van der Waals surface area contributed by atoms with Gasteiger partial charge in [0, 0.05) is 77.8 Å². The number of aryl methyl sites for hydroxylation is 4. The predicted molar refractivity (Wildman–Crippen MR) is 411 cm³/mol. The van der Waals surface area contributed by atoms with E-state index < -0.39 is 0 Å². The second kappa shape index (κ2) is 36.5. The lowest BCUT2D eigenvalue weighted by Crippen LogP contribution is -2.38. The van der Waals surface area contributed by atoms with E-state index in [-0.39, 0.29) is 11.6 Å². The molecular weight excluding hydrogens is 1290 g/mol. The first-order valence-electron chi connectivity index (χ1n) is 33.5. The highest BCUT2D eigenvalue weighted by atomic mass is 32.2. The number of carbonyl (C=O) groups excluding carboxylic acids is 4. The number of carbonyl (C=O) groups is 4. The van der Waals surface area contributed by atoms with E-state index in [0.29, 0.717) is 43.6 Å². The summed E-state index contributed by atoms with van der Waals surface area (Å²) in [6.45, 7) is 7.11. The number of aliphatic hydroxyl groups is 1. The van der Waals surface area contributed by atoms with Gasteiger partial charge in [-0.25, -0.2) is 0 Å². The number of Topliss-reactive ketones (excluding diaryl/α,β-unsaturated/α-hetero) is 2. The minimum Gasteiger partial charge on any atom is -0.515 e. The second-order valence-corrected chi connectivity index (χ2v) is 33.5. The Morgan fingerprint density at radius 2 is 1.07 bits per heavy atom. The van der Waals surface area contributed by atoms with Gasteiger partial charge in [-0.2, -0.15) is 50.5 Å². The molecule has 16 rings (SSSR count). The normalized spacial score (nSPS) is 23.7. The van der Waals surface area contributed by atoms with Crippen LogP contribution in [0.4, 0.5) is 0 Å². The summed E-state index contributed by atoms with van der Waals surface area (Å²) < 4.78 is 0.974. The molecule has 0 amide bonds. The Kier molecular flexibility index (Phi) is 28.7. The Bertz CT molecular complexity index is 3390. The first-order chi connectivity index (χ1) is 44.8. The molecule has 11 aliphatic rings. The number of hydrogen-bond donors (Lipinski definition) is 5. The van der Waals surface area contributed by atoms with E-state index in [1.165, 1.54) is 164 Å². The van der Waals surface area contributed by atoms with Crippen LogP contribution in [0.3, 0.4) is 0 Å². The van der Waals surface area contributed by atoms with Crippen LogP contribution in [-0.2, 0) is 46.5 Å². The van der Waals surface area contributed by atoms with Gasteiger partial charge in [0.15, 0.2) is 17.3 Å². The molecule has 5 aromatic carbocycles. The molecule has 5 aromatic rings. The lowest BCUT2D eigenvalue weighted by atomic mass is 9.68. The smallest absolute Gasteiger partial charge is 0.192 e. The summed E-state index contributed by atoms with van der Waals surface area (Å²) in [5, 5.41) is 8.80. The number of ketones is 4. The first-order valence-corrected chi connectivity index (χ1v) is 40.0. The molecule has 2 spiro atoms. The minimum absolute atomic E-state index is 0.0185. The molecule has 92 heavy (non-hydrogen) atoms. The molecule has 4 aliphatic heterocycles. The highest BCUT2D eigenvalue weighted by Crippen LogP contribution is 2.60. The second-order valence-electron chi connectivity index (χ2n) is 25.4. The van der Waals surface area contributed by atoms with Crippen LogP contribution >= 0.6 is 97.6 Å². The highest BCUT2D eigenvalue weighted by Gasteiger charge is 2.46. The SMILES string of the molecule is C1=C2c3ccccc3CCN2CCC12SCCS2.C=CC(C)=O.O=C1/C(=C/O)CCc2ccccc21.O=C1C=C2c3ccccc3CCC2CC1.O=C1CCC2CCc3ccccc3C2C1.SCCS.SCCS.c1ccc2c(c1)CCC1CCC3(CC21)SCCS3. The van der Waals surface area contributed by atoms with Crippen molar-refractivity contribution >= 4 is 132 Å². The van der Waals surface area contributed by atoms with Crippen molar-refractivity contribution in [2.75, 3.05) is 59.1 Å².